The van der Waals surface area contributed by atoms with Crippen LogP contribution in [0.1, 0.15) is 23.1 Å². The first kappa shape index (κ1) is 13.5. The maximum Gasteiger partial charge on any atom is 0.216 e. The van der Waals surface area contributed by atoms with Crippen LogP contribution in [0.3, 0.4) is 0 Å². The number of nitrogens with one attached hydrogen (secondary N) is 1. The summed E-state index contributed by atoms with van der Waals surface area (Å²) in [4.78, 5) is 16.3. The monoisotopic (exact) mass is 277 g/mol. The molecule has 19 heavy (non-hydrogen) atoms. The van der Waals surface area contributed by atoms with Gasteiger partial charge in [-0.15, -0.1) is 0 Å². The van der Waals surface area contributed by atoms with E-state index < -0.39 is 0 Å². The Labute approximate surface area is 116 Å². The van der Waals surface area contributed by atoms with Gasteiger partial charge in [0, 0.05) is 12.0 Å². The Morgan fingerprint density at radius 2 is 2.11 bits per heavy atom. The summed E-state index contributed by atoms with van der Waals surface area (Å²) >= 11 is 5.10. The van der Waals surface area contributed by atoms with Crippen molar-refractivity contribution in [1.29, 1.82) is 0 Å². The van der Waals surface area contributed by atoms with Crippen molar-refractivity contribution < 1.29 is 9.53 Å². The van der Waals surface area contributed by atoms with E-state index in [4.69, 9.17) is 17.0 Å². The number of Topliss-reactive ketones (excluding diaryl/α,β-unsaturated/α-hetero) is 1. The predicted molar refractivity (Wildman–Crippen MR) is 74.1 cm³/mol. The topological polar surface area (TPSA) is 59.9 Å². The van der Waals surface area contributed by atoms with Crippen LogP contribution >= 0.6 is 12.2 Å². The van der Waals surface area contributed by atoms with Crippen LogP contribution in [0.4, 0.5) is 0 Å². The lowest BCUT2D eigenvalue weighted by Gasteiger charge is -2.03. The first-order valence-electron chi connectivity index (χ1n) is 5.97. The van der Waals surface area contributed by atoms with Crippen LogP contribution in [0, 0.1) is 4.77 Å². The summed E-state index contributed by atoms with van der Waals surface area (Å²) in [6.45, 7) is 2.14. The van der Waals surface area contributed by atoms with Gasteiger partial charge in [-0.3, -0.25) is 14.6 Å². The van der Waals surface area contributed by atoms with Gasteiger partial charge < -0.3 is 4.74 Å². The van der Waals surface area contributed by atoms with E-state index in [-0.39, 0.29) is 12.3 Å². The van der Waals surface area contributed by atoms with Crippen LogP contribution in [0.25, 0.3) is 0 Å². The van der Waals surface area contributed by atoms with Gasteiger partial charge in [-0.05, 0) is 36.5 Å². The van der Waals surface area contributed by atoms with Gasteiger partial charge in [0.1, 0.15) is 18.1 Å². The summed E-state index contributed by atoms with van der Waals surface area (Å²) in [7, 11) is 1.59. The van der Waals surface area contributed by atoms with E-state index in [1.165, 1.54) is 0 Å². The highest BCUT2D eigenvalue weighted by molar-refractivity contribution is 7.71. The Bertz CT molecular complexity index is 628. The highest BCUT2D eigenvalue weighted by Crippen LogP contribution is 2.12. The highest BCUT2D eigenvalue weighted by atomic mass is 32.1. The fraction of sp³-hybridized carbons (Fsp3) is 0.308. The summed E-state index contributed by atoms with van der Waals surface area (Å²) in [6.07, 6.45) is 0.757. The third-order valence-electron chi connectivity index (χ3n) is 2.77. The van der Waals surface area contributed by atoms with Gasteiger partial charge in [-0.1, -0.05) is 6.92 Å². The molecule has 2 aromatic rings. The molecule has 0 saturated heterocycles. The first-order valence-corrected chi connectivity index (χ1v) is 6.38. The van der Waals surface area contributed by atoms with Crippen molar-refractivity contribution in [1.82, 2.24) is 14.8 Å². The SMILES string of the molecule is CCc1nc(=S)n(CC(=O)c2ccc(OC)cc2)[nH]1. The number of aromatic nitrogens is 3. The van der Waals surface area contributed by atoms with E-state index >= 15 is 0 Å². The molecule has 1 N–H and O–H groups in total. The van der Waals surface area contributed by atoms with Crippen molar-refractivity contribution >= 4 is 18.0 Å². The number of nitrogens with zero attached hydrogens (tertiary/aromatic N) is 2. The number of benzene rings is 1. The van der Waals surface area contributed by atoms with Gasteiger partial charge in [0.2, 0.25) is 4.77 Å². The zero-order valence-corrected chi connectivity index (χ0v) is 11.7. The number of aromatic amines is 1. The largest absolute Gasteiger partial charge is 0.497 e. The number of carbonyl (C=O) groups excluding carboxylic acids is 1. The number of ether oxygens (including phenoxy) is 1. The minimum atomic E-state index is -0.0231. The van der Waals surface area contributed by atoms with Crippen molar-refractivity contribution in [2.45, 2.75) is 19.9 Å². The Kier molecular flexibility index (Phi) is 4.11. The number of aryl methyl sites for hydroxylation is 1. The van der Waals surface area contributed by atoms with Crippen LogP contribution in [0.2, 0.25) is 0 Å². The maximum atomic E-state index is 12.1. The van der Waals surface area contributed by atoms with Crippen LogP contribution in [0.5, 0.6) is 5.75 Å². The van der Waals surface area contributed by atoms with Crippen molar-refractivity contribution in [2.75, 3.05) is 7.11 Å². The summed E-state index contributed by atoms with van der Waals surface area (Å²) in [5, 5.41) is 3.01. The minimum absolute atomic E-state index is 0.0231. The average Bonchev–Trinajstić information content (AvgIpc) is 2.79. The van der Waals surface area contributed by atoms with Crippen molar-refractivity contribution in [3.63, 3.8) is 0 Å². The number of methoxy groups -OCH3 is 1. The molecule has 0 aliphatic rings. The maximum absolute atomic E-state index is 12.1. The summed E-state index contributed by atoms with van der Waals surface area (Å²) in [5.41, 5.74) is 0.621. The van der Waals surface area contributed by atoms with Gasteiger partial charge in [0.25, 0.3) is 0 Å². The van der Waals surface area contributed by atoms with E-state index in [1.54, 1.807) is 36.1 Å². The Balaban J connectivity index is 2.15. The molecule has 0 amide bonds. The molecule has 100 valence electrons. The summed E-state index contributed by atoms with van der Waals surface area (Å²) in [6, 6.07) is 7.00. The average molecular weight is 277 g/mol. The highest BCUT2D eigenvalue weighted by Gasteiger charge is 2.09. The molecule has 0 bridgehead atoms. The molecule has 1 aromatic carbocycles. The van der Waals surface area contributed by atoms with Crippen LogP contribution in [-0.2, 0) is 13.0 Å². The lowest BCUT2D eigenvalue weighted by Crippen LogP contribution is -2.12. The first-order chi connectivity index (χ1) is 9.13. The Morgan fingerprint density at radius 3 is 2.63 bits per heavy atom. The van der Waals surface area contributed by atoms with Gasteiger partial charge in [-0.25, -0.2) is 4.98 Å². The minimum Gasteiger partial charge on any atom is -0.497 e. The molecular weight excluding hydrogens is 262 g/mol. The zero-order valence-electron chi connectivity index (χ0n) is 10.8. The Morgan fingerprint density at radius 1 is 1.42 bits per heavy atom. The number of ketones is 1. The zero-order chi connectivity index (χ0) is 13.8. The normalized spacial score (nSPS) is 10.4. The van der Waals surface area contributed by atoms with E-state index in [2.05, 4.69) is 10.1 Å². The number of H-pyrrole nitrogens is 1. The molecule has 5 nitrogen and oxygen atoms in total. The van der Waals surface area contributed by atoms with Crippen molar-refractivity contribution in [3.8, 4) is 5.75 Å². The second-order valence-corrected chi connectivity index (χ2v) is 4.41. The van der Waals surface area contributed by atoms with Crippen molar-refractivity contribution in [3.05, 3.63) is 40.4 Å². The van der Waals surface area contributed by atoms with Crippen LogP contribution in [-0.4, -0.2) is 27.7 Å². The fourth-order valence-corrected chi connectivity index (χ4v) is 1.90. The molecule has 0 atom stereocenters. The van der Waals surface area contributed by atoms with Gasteiger partial charge >= 0.3 is 0 Å². The van der Waals surface area contributed by atoms with E-state index in [9.17, 15) is 4.79 Å². The number of hydrogen-bond donors (Lipinski definition) is 1. The molecule has 0 fully saturated rings. The predicted octanol–water partition coefficient (Wildman–Crippen LogP) is 2.39. The van der Waals surface area contributed by atoms with Crippen molar-refractivity contribution in [2.24, 2.45) is 0 Å². The number of hydrogen-bond acceptors (Lipinski definition) is 4. The lowest BCUT2D eigenvalue weighted by atomic mass is 10.1. The molecule has 6 heteroatoms. The Hall–Kier alpha value is -1.95. The molecule has 2 rings (SSSR count). The quantitative estimate of drug-likeness (QED) is 0.673. The molecule has 0 radical (unpaired) electrons. The molecule has 1 aromatic heterocycles. The lowest BCUT2D eigenvalue weighted by molar-refractivity contribution is 0.0967. The van der Waals surface area contributed by atoms with E-state index in [0.29, 0.717) is 10.3 Å². The molecule has 0 saturated carbocycles. The molecular formula is C13H15N3O2S. The van der Waals surface area contributed by atoms with Gasteiger partial charge in [-0.2, -0.15) is 0 Å². The second kappa shape index (κ2) is 5.79. The number of rotatable bonds is 5. The molecule has 0 spiro atoms. The standard InChI is InChI=1S/C13H15N3O2S/c1-3-12-14-13(19)16(15-12)8-11(17)9-4-6-10(18-2)7-5-9/h4-7H,3,8H2,1-2H3,(H,14,15,19). The molecule has 0 aliphatic carbocycles. The van der Waals surface area contributed by atoms with E-state index in [0.717, 1.165) is 18.0 Å². The molecule has 1 heterocycles. The third kappa shape index (κ3) is 3.08. The summed E-state index contributed by atoms with van der Waals surface area (Å²) < 4.78 is 7.04. The second-order valence-electron chi connectivity index (χ2n) is 4.04. The van der Waals surface area contributed by atoms with Gasteiger partial charge in [0.05, 0.1) is 7.11 Å². The molecule has 0 aliphatic heterocycles. The third-order valence-corrected chi connectivity index (χ3v) is 3.09. The molecule has 0 unspecified atom stereocenters. The smallest absolute Gasteiger partial charge is 0.216 e. The van der Waals surface area contributed by atoms with Gasteiger partial charge in [0.15, 0.2) is 5.78 Å². The van der Waals surface area contributed by atoms with Crippen LogP contribution < -0.4 is 4.74 Å². The number of carbonyl (C=O) groups is 1. The fourth-order valence-electron chi connectivity index (χ4n) is 1.68. The van der Waals surface area contributed by atoms with E-state index in [1.807, 2.05) is 6.92 Å². The summed E-state index contributed by atoms with van der Waals surface area (Å²) in [5.74, 6) is 1.49. The van der Waals surface area contributed by atoms with Crippen LogP contribution in [0.15, 0.2) is 24.3 Å².